The number of sulfonamides is 1. The third-order valence-corrected chi connectivity index (χ3v) is 4.49. The summed E-state index contributed by atoms with van der Waals surface area (Å²) in [5.41, 5.74) is 0.394. The number of anilines is 1. The summed E-state index contributed by atoms with van der Waals surface area (Å²) in [5.74, 6) is 0.164. The number of carbonyl (C=O) groups excluding carboxylic acids is 1. The molecule has 2 rings (SSSR count). The van der Waals surface area contributed by atoms with Gasteiger partial charge < -0.3 is 14.8 Å². The Morgan fingerprint density at radius 2 is 2.05 bits per heavy atom. The van der Waals surface area contributed by atoms with E-state index in [0.29, 0.717) is 11.4 Å². The molecule has 0 aromatic heterocycles. The van der Waals surface area contributed by atoms with Crippen molar-refractivity contribution in [2.45, 2.75) is 4.90 Å². The lowest BCUT2D eigenvalue weighted by molar-refractivity contribution is -0.118. The summed E-state index contributed by atoms with van der Waals surface area (Å²) >= 11 is 0. The maximum Gasteiger partial charge on any atom is 0.262 e. The minimum absolute atomic E-state index is 0.00472. The number of carbonyl (C=O) groups is 1. The van der Waals surface area contributed by atoms with Crippen molar-refractivity contribution in [1.29, 1.82) is 0 Å². The normalized spacial score (nSPS) is 14.6. The predicted molar refractivity (Wildman–Crippen MR) is 68.0 cm³/mol. The summed E-state index contributed by atoms with van der Waals surface area (Å²) in [6.45, 7) is -0.138. The third-order valence-electron chi connectivity index (χ3n) is 2.66. The van der Waals surface area contributed by atoms with Gasteiger partial charge in [0.2, 0.25) is 10.0 Å². The summed E-state index contributed by atoms with van der Waals surface area (Å²) in [6, 6.07) is 2.78. The maximum absolute atomic E-state index is 12.2. The summed E-state index contributed by atoms with van der Waals surface area (Å²) in [4.78, 5) is 11.2. The van der Waals surface area contributed by atoms with Crippen molar-refractivity contribution in [2.75, 3.05) is 33.1 Å². The molecule has 0 saturated heterocycles. The molecule has 1 aromatic rings. The predicted octanol–water partition coefficient (Wildman–Crippen LogP) is 0.276. The first-order valence-electron chi connectivity index (χ1n) is 5.43. The molecule has 1 aromatic carbocycles. The lowest BCUT2D eigenvalue weighted by Gasteiger charge is -2.21. The number of ether oxygens (including phenoxy) is 2. The number of benzene rings is 1. The Bertz CT molecular complexity index is 624. The second-order valence-corrected chi connectivity index (χ2v) is 6.24. The highest BCUT2D eigenvalue weighted by Crippen LogP contribution is 2.37. The van der Waals surface area contributed by atoms with E-state index in [-0.39, 0.29) is 23.2 Å². The zero-order chi connectivity index (χ0) is 14.2. The van der Waals surface area contributed by atoms with Crippen molar-refractivity contribution in [3.63, 3.8) is 0 Å². The minimum Gasteiger partial charge on any atom is -0.495 e. The van der Waals surface area contributed by atoms with Gasteiger partial charge in [-0.2, -0.15) is 0 Å². The summed E-state index contributed by atoms with van der Waals surface area (Å²) < 4.78 is 35.7. The molecule has 1 aliphatic heterocycles. The Morgan fingerprint density at radius 1 is 1.37 bits per heavy atom. The fourth-order valence-corrected chi connectivity index (χ4v) is 2.69. The number of rotatable bonds is 3. The molecule has 1 heterocycles. The zero-order valence-corrected chi connectivity index (χ0v) is 11.6. The molecule has 1 aliphatic rings. The van der Waals surface area contributed by atoms with Gasteiger partial charge in [-0.1, -0.05) is 0 Å². The quantitative estimate of drug-likeness (QED) is 0.862. The second-order valence-electron chi connectivity index (χ2n) is 4.12. The molecule has 8 heteroatoms. The Balaban J connectivity index is 2.60. The van der Waals surface area contributed by atoms with Crippen LogP contribution in [0.3, 0.4) is 0 Å². The van der Waals surface area contributed by atoms with Crippen molar-refractivity contribution in [2.24, 2.45) is 0 Å². The Hall–Kier alpha value is -1.80. The average molecular weight is 286 g/mol. The number of nitrogens with one attached hydrogen (secondary N) is 1. The molecule has 0 unspecified atom stereocenters. The van der Waals surface area contributed by atoms with Crippen LogP contribution in [0.15, 0.2) is 17.0 Å². The molecule has 19 heavy (non-hydrogen) atoms. The van der Waals surface area contributed by atoms with E-state index in [1.165, 1.54) is 33.3 Å². The first kappa shape index (κ1) is 13.6. The van der Waals surface area contributed by atoms with Crippen LogP contribution in [0.25, 0.3) is 0 Å². The standard InChI is InChI=1S/C11H14N2O5S/c1-13(2)19(15,16)10-5-8-7(4-9(10)17-3)12-11(14)6-18-8/h4-5H,6H2,1-3H3,(H,12,14). The third kappa shape index (κ3) is 2.36. The van der Waals surface area contributed by atoms with E-state index >= 15 is 0 Å². The molecule has 0 atom stereocenters. The highest BCUT2D eigenvalue weighted by molar-refractivity contribution is 7.89. The second kappa shape index (κ2) is 4.71. The lowest BCUT2D eigenvalue weighted by Crippen LogP contribution is -2.27. The highest BCUT2D eigenvalue weighted by Gasteiger charge is 2.27. The van der Waals surface area contributed by atoms with Gasteiger partial charge in [-0.15, -0.1) is 0 Å². The van der Waals surface area contributed by atoms with Gasteiger partial charge in [0.1, 0.15) is 16.4 Å². The highest BCUT2D eigenvalue weighted by atomic mass is 32.2. The molecule has 0 aliphatic carbocycles. The number of amides is 1. The Kier molecular flexibility index (Phi) is 3.38. The van der Waals surface area contributed by atoms with Crippen LogP contribution >= 0.6 is 0 Å². The molecule has 104 valence electrons. The van der Waals surface area contributed by atoms with Crippen molar-refractivity contribution in [3.8, 4) is 11.5 Å². The molecule has 0 spiro atoms. The van der Waals surface area contributed by atoms with Gasteiger partial charge >= 0.3 is 0 Å². The van der Waals surface area contributed by atoms with Gasteiger partial charge in [0.15, 0.2) is 6.61 Å². The zero-order valence-electron chi connectivity index (χ0n) is 10.8. The van der Waals surface area contributed by atoms with Crippen molar-refractivity contribution in [1.82, 2.24) is 4.31 Å². The first-order chi connectivity index (χ1) is 8.86. The smallest absolute Gasteiger partial charge is 0.262 e. The van der Waals surface area contributed by atoms with Crippen molar-refractivity contribution >= 4 is 21.6 Å². The summed E-state index contributed by atoms with van der Waals surface area (Å²) in [7, 11) is 0.567. The molecular weight excluding hydrogens is 272 g/mol. The van der Waals surface area contributed by atoms with Crippen LogP contribution in [0, 0.1) is 0 Å². The van der Waals surface area contributed by atoms with E-state index in [1.807, 2.05) is 0 Å². The van der Waals surface area contributed by atoms with E-state index in [4.69, 9.17) is 9.47 Å². The van der Waals surface area contributed by atoms with Crippen LogP contribution in [-0.2, 0) is 14.8 Å². The van der Waals surface area contributed by atoms with Gasteiger partial charge in [-0.3, -0.25) is 4.79 Å². The number of fused-ring (bicyclic) bond motifs is 1. The summed E-state index contributed by atoms with van der Waals surface area (Å²) in [5, 5.41) is 2.59. The van der Waals surface area contributed by atoms with Crippen molar-refractivity contribution in [3.05, 3.63) is 12.1 Å². The average Bonchev–Trinajstić information content (AvgIpc) is 2.36. The van der Waals surface area contributed by atoms with Crippen LogP contribution < -0.4 is 14.8 Å². The molecule has 0 fully saturated rings. The van der Waals surface area contributed by atoms with E-state index in [2.05, 4.69) is 5.32 Å². The molecular formula is C11H14N2O5S. The summed E-state index contributed by atoms with van der Waals surface area (Å²) in [6.07, 6.45) is 0. The van der Waals surface area contributed by atoms with Gasteiger partial charge in [0.05, 0.1) is 12.8 Å². The van der Waals surface area contributed by atoms with Crippen LogP contribution in [0.1, 0.15) is 0 Å². The number of nitrogens with zero attached hydrogens (tertiary/aromatic N) is 1. The van der Waals surface area contributed by atoms with Gasteiger partial charge in [-0.25, -0.2) is 12.7 Å². The number of hydrogen-bond acceptors (Lipinski definition) is 5. The maximum atomic E-state index is 12.2. The SMILES string of the molecule is COc1cc2c(cc1S(=O)(=O)N(C)C)OCC(=O)N2. The fraction of sp³-hybridized carbons (Fsp3) is 0.364. The Labute approximate surface area is 111 Å². The van der Waals surface area contributed by atoms with Gasteiger partial charge in [-0.05, 0) is 0 Å². The largest absolute Gasteiger partial charge is 0.495 e. The van der Waals surface area contributed by atoms with E-state index in [0.717, 1.165) is 4.31 Å². The monoisotopic (exact) mass is 286 g/mol. The fourth-order valence-electron chi connectivity index (χ4n) is 1.65. The molecule has 0 bridgehead atoms. The van der Waals surface area contributed by atoms with Gasteiger partial charge in [0.25, 0.3) is 5.91 Å². The minimum atomic E-state index is -3.65. The number of methoxy groups -OCH3 is 1. The van der Waals surface area contributed by atoms with Crippen LogP contribution in [0.2, 0.25) is 0 Å². The Morgan fingerprint density at radius 3 is 2.63 bits per heavy atom. The van der Waals surface area contributed by atoms with E-state index in [9.17, 15) is 13.2 Å². The molecule has 1 N–H and O–H groups in total. The molecule has 1 amide bonds. The topological polar surface area (TPSA) is 84.9 Å². The number of hydrogen-bond donors (Lipinski definition) is 1. The van der Waals surface area contributed by atoms with Crippen LogP contribution in [-0.4, -0.2) is 46.4 Å². The molecule has 7 nitrogen and oxygen atoms in total. The molecule has 0 radical (unpaired) electrons. The van der Waals surface area contributed by atoms with Crippen LogP contribution in [0.4, 0.5) is 5.69 Å². The van der Waals surface area contributed by atoms with Gasteiger partial charge in [0, 0.05) is 26.2 Å². The van der Waals surface area contributed by atoms with E-state index in [1.54, 1.807) is 0 Å². The first-order valence-corrected chi connectivity index (χ1v) is 6.87. The molecule has 0 saturated carbocycles. The lowest BCUT2D eigenvalue weighted by atomic mass is 10.2. The van der Waals surface area contributed by atoms with Crippen LogP contribution in [0.5, 0.6) is 11.5 Å². The van der Waals surface area contributed by atoms with E-state index < -0.39 is 10.0 Å². The van der Waals surface area contributed by atoms with Crippen molar-refractivity contribution < 1.29 is 22.7 Å².